The zero-order valence-electron chi connectivity index (χ0n) is 19.4. The summed E-state index contributed by atoms with van der Waals surface area (Å²) >= 11 is 0. The van der Waals surface area contributed by atoms with Crippen molar-refractivity contribution in [1.29, 1.82) is 5.41 Å². The van der Waals surface area contributed by atoms with E-state index in [-0.39, 0.29) is 17.9 Å². The van der Waals surface area contributed by atoms with Gasteiger partial charge in [0.2, 0.25) is 5.91 Å². The summed E-state index contributed by atoms with van der Waals surface area (Å²) in [6, 6.07) is 18.6. The third-order valence-electron chi connectivity index (χ3n) is 5.37. The van der Waals surface area contributed by atoms with Gasteiger partial charge in [-0.2, -0.15) is 13.2 Å². The number of pyridine rings is 2. The van der Waals surface area contributed by atoms with Gasteiger partial charge in [-0.1, -0.05) is 18.2 Å². The van der Waals surface area contributed by atoms with Crippen molar-refractivity contribution in [1.82, 2.24) is 15.3 Å². The molecule has 0 aliphatic heterocycles. The lowest BCUT2D eigenvalue weighted by atomic mass is 9.97. The van der Waals surface area contributed by atoms with Gasteiger partial charge in [-0.25, -0.2) is 4.98 Å². The van der Waals surface area contributed by atoms with Crippen LogP contribution in [0.1, 0.15) is 27.2 Å². The number of carbonyl (C=O) groups excluding carboxylic acids is 1. The number of hydrogen-bond acceptors (Lipinski definition) is 6. The predicted octanol–water partition coefficient (Wildman–Crippen LogP) is 4.87. The van der Waals surface area contributed by atoms with E-state index in [1.165, 1.54) is 18.6 Å². The second-order valence-electron chi connectivity index (χ2n) is 8.02. The predicted molar refractivity (Wildman–Crippen MR) is 134 cm³/mol. The first kappa shape index (κ1) is 25.4. The van der Waals surface area contributed by atoms with Gasteiger partial charge in [0.1, 0.15) is 18.9 Å². The van der Waals surface area contributed by atoms with Crippen LogP contribution in [0.5, 0.6) is 5.75 Å². The van der Waals surface area contributed by atoms with Crippen LogP contribution in [0.15, 0.2) is 85.3 Å². The summed E-state index contributed by atoms with van der Waals surface area (Å²) in [6.45, 7) is -1.15. The Morgan fingerprint density at radius 2 is 1.73 bits per heavy atom. The number of fused-ring (bicyclic) bond motifs is 1. The maximum atomic E-state index is 12.6. The molecule has 2 aromatic heterocycles. The Hall–Kier alpha value is -4.73. The lowest BCUT2D eigenvalue weighted by Gasteiger charge is -2.13. The first-order valence-electron chi connectivity index (χ1n) is 11.1. The highest BCUT2D eigenvalue weighted by Crippen LogP contribution is 2.23. The molecule has 10 heteroatoms. The fraction of sp³-hybridized carbons (Fsp3) is 0.111. The smallest absolute Gasteiger partial charge is 0.405 e. The van der Waals surface area contributed by atoms with Gasteiger partial charge in [0.05, 0.1) is 22.5 Å². The molecule has 7 nitrogen and oxygen atoms in total. The van der Waals surface area contributed by atoms with Gasteiger partial charge >= 0.3 is 6.18 Å². The molecule has 0 aliphatic rings. The topological polar surface area (TPSA) is 114 Å². The van der Waals surface area contributed by atoms with Crippen molar-refractivity contribution in [2.24, 2.45) is 5.73 Å². The highest BCUT2D eigenvalue weighted by molar-refractivity contribution is 6.30. The maximum Gasteiger partial charge on any atom is 0.405 e. The molecule has 0 saturated carbocycles. The molecule has 4 aromatic rings. The molecule has 4 rings (SSSR count). The molecule has 0 spiro atoms. The molecule has 0 fully saturated rings. The van der Waals surface area contributed by atoms with E-state index in [1.807, 2.05) is 6.07 Å². The van der Waals surface area contributed by atoms with Crippen molar-refractivity contribution >= 4 is 28.1 Å². The van der Waals surface area contributed by atoms with E-state index in [0.717, 1.165) is 0 Å². The lowest BCUT2D eigenvalue weighted by molar-refractivity contribution is -0.122. The SMILES string of the molecule is N=C(/C(=C\NCC(F)(F)F)c1ccncc1)c1ccc(OCc2cc(C(N)=O)c3ccccc3n2)cc1. The number of halogens is 3. The van der Waals surface area contributed by atoms with E-state index in [2.05, 4.69) is 15.3 Å². The van der Waals surface area contributed by atoms with Crippen LogP contribution in [0.4, 0.5) is 13.2 Å². The monoisotopic (exact) mass is 505 g/mol. The number of primary amides is 1. The molecule has 0 atom stereocenters. The van der Waals surface area contributed by atoms with Crippen molar-refractivity contribution in [3.63, 3.8) is 0 Å². The Morgan fingerprint density at radius 1 is 1.03 bits per heavy atom. The summed E-state index contributed by atoms with van der Waals surface area (Å²) in [5, 5.41) is 11.5. The van der Waals surface area contributed by atoms with Crippen molar-refractivity contribution in [3.05, 3.63) is 108 Å². The maximum absolute atomic E-state index is 12.6. The molecule has 0 saturated heterocycles. The number of benzene rings is 2. The molecule has 1 amide bonds. The van der Waals surface area contributed by atoms with Crippen molar-refractivity contribution < 1.29 is 22.7 Å². The molecule has 188 valence electrons. The molecule has 2 heterocycles. The summed E-state index contributed by atoms with van der Waals surface area (Å²) in [6.07, 6.45) is -0.209. The van der Waals surface area contributed by atoms with E-state index >= 15 is 0 Å². The van der Waals surface area contributed by atoms with Crippen molar-refractivity contribution in [2.45, 2.75) is 12.8 Å². The number of allylic oxidation sites excluding steroid dienone is 1. The van der Waals surface area contributed by atoms with E-state index in [1.54, 1.807) is 60.7 Å². The summed E-state index contributed by atoms with van der Waals surface area (Å²) in [4.78, 5) is 20.3. The second kappa shape index (κ2) is 10.9. The Kier molecular flexibility index (Phi) is 7.47. The molecule has 0 radical (unpaired) electrons. The number of amides is 1. The van der Waals surface area contributed by atoms with Crippen LogP contribution < -0.4 is 15.8 Å². The number of alkyl halides is 3. The van der Waals surface area contributed by atoms with Gasteiger partial charge < -0.3 is 15.8 Å². The molecule has 4 N–H and O–H groups in total. The van der Waals surface area contributed by atoms with Gasteiger partial charge in [0.25, 0.3) is 0 Å². The van der Waals surface area contributed by atoms with Crippen LogP contribution >= 0.6 is 0 Å². The largest absolute Gasteiger partial charge is 0.487 e. The minimum atomic E-state index is -4.39. The number of hydrogen-bond donors (Lipinski definition) is 3. The molecule has 37 heavy (non-hydrogen) atoms. The molecule has 0 bridgehead atoms. The minimum absolute atomic E-state index is 0.0229. The minimum Gasteiger partial charge on any atom is -0.487 e. The average Bonchev–Trinajstić information content (AvgIpc) is 2.89. The summed E-state index contributed by atoms with van der Waals surface area (Å²) in [5.41, 5.74) is 8.33. The van der Waals surface area contributed by atoms with Gasteiger partial charge in [-0.05, 0) is 54.1 Å². The highest BCUT2D eigenvalue weighted by atomic mass is 19.4. The number of nitrogens with one attached hydrogen (secondary N) is 2. The zero-order valence-corrected chi connectivity index (χ0v) is 19.4. The summed E-state index contributed by atoms with van der Waals surface area (Å²) < 4.78 is 43.7. The number of ether oxygens (including phenoxy) is 1. The Balaban J connectivity index is 1.50. The Morgan fingerprint density at radius 3 is 2.41 bits per heavy atom. The quantitative estimate of drug-likeness (QED) is 0.281. The number of rotatable bonds is 9. The highest BCUT2D eigenvalue weighted by Gasteiger charge is 2.26. The van der Waals surface area contributed by atoms with Crippen LogP contribution in [0, 0.1) is 5.41 Å². The molecule has 0 unspecified atom stereocenters. The Bertz CT molecular complexity index is 1450. The molecular weight excluding hydrogens is 483 g/mol. The van der Waals surface area contributed by atoms with Crippen LogP contribution in [-0.4, -0.2) is 34.3 Å². The number of aromatic nitrogens is 2. The average molecular weight is 506 g/mol. The molecular formula is C27H22F3N5O2. The first-order chi connectivity index (χ1) is 17.7. The van der Waals surface area contributed by atoms with Gasteiger partial charge in [-0.3, -0.25) is 15.2 Å². The normalized spacial score (nSPS) is 11.8. The third-order valence-corrected chi connectivity index (χ3v) is 5.37. The third kappa shape index (κ3) is 6.49. The summed E-state index contributed by atoms with van der Waals surface area (Å²) in [7, 11) is 0. The van der Waals surface area contributed by atoms with E-state index in [9.17, 15) is 18.0 Å². The van der Waals surface area contributed by atoms with E-state index in [4.69, 9.17) is 15.9 Å². The van der Waals surface area contributed by atoms with E-state index in [0.29, 0.717) is 39.0 Å². The van der Waals surface area contributed by atoms with Crippen LogP contribution in [-0.2, 0) is 6.61 Å². The zero-order chi connectivity index (χ0) is 26.4. The fourth-order valence-electron chi connectivity index (χ4n) is 3.64. The number of nitrogens with two attached hydrogens (primary N) is 1. The standard InChI is InChI=1S/C27H22F3N5O2/c28-27(29,30)16-34-14-23(17-9-11-33-12-10-17)25(31)18-5-7-20(8-6-18)37-15-19-13-22(26(32)36)21-3-1-2-4-24(21)35-19/h1-14,31,34H,15-16H2,(H2,32,36)/b23-14-,31-25?. The Labute approximate surface area is 210 Å². The number of para-hydroxylation sites is 1. The first-order valence-corrected chi connectivity index (χ1v) is 11.1. The van der Waals surface area contributed by atoms with E-state index < -0.39 is 18.6 Å². The second-order valence-corrected chi connectivity index (χ2v) is 8.02. The summed E-state index contributed by atoms with van der Waals surface area (Å²) in [5.74, 6) is -0.0812. The van der Waals surface area contributed by atoms with Crippen molar-refractivity contribution in [3.8, 4) is 5.75 Å². The van der Waals surface area contributed by atoms with Gasteiger partial charge in [-0.15, -0.1) is 0 Å². The van der Waals surface area contributed by atoms with Crippen molar-refractivity contribution in [2.75, 3.05) is 6.54 Å². The van der Waals surface area contributed by atoms with Crippen LogP contribution in [0.25, 0.3) is 16.5 Å². The van der Waals surface area contributed by atoms with Crippen LogP contribution in [0.3, 0.4) is 0 Å². The molecule has 0 aliphatic carbocycles. The number of carbonyl (C=O) groups is 1. The van der Waals surface area contributed by atoms with Gasteiger partial charge in [0, 0.05) is 35.1 Å². The fourth-order valence-corrected chi connectivity index (χ4v) is 3.64. The van der Waals surface area contributed by atoms with Gasteiger partial charge in [0.15, 0.2) is 0 Å². The lowest BCUT2D eigenvalue weighted by Crippen LogP contribution is -2.25. The molecule has 2 aromatic carbocycles. The van der Waals surface area contributed by atoms with Crippen LogP contribution in [0.2, 0.25) is 0 Å². The number of nitrogens with zero attached hydrogens (tertiary/aromatic N) is 2.